The zero-order valence-electron chi connectivity index (χ0n) is 10.1. The van der Waals surface area contributed by atoms with E-state index in [0.29, 0.717) is 13.2 Å². The van der Waals surface area contributed by atoms with E-state index in [1.54, 1.807) is 6.20 Å². The number of ether oxygens (including phenoxy) is 2. The number of fused-ring (bicyclic) bond motifs is 2. The monoisotopic (exact) mass is 256 g/mol. The minimum absolute atomic E-state index is 0.677. The number of nitrogens with one attached hydrogen (secondary N) is 2. The summed E-state index contributed by atoms with van der Waals surface area (Å²) in [5.41, 5.74) is 2.64. The average Bonchev–Trinajstić information content (AvgIpc) is 3.01. The van der Waals surface area contributed by atoms with Gasteiger partial charge in [0.1, 0.15) is 5.69 Å². The summed E-state index contributed by atoms with van der Waals surface area (Å²) in [7, 11) is 0. The summed E-state index contributed by atoms with van der Waals surface area (Å²) < 4.78 is 11.3. The summed E-state index contributed by atoms with van der Waals surface area (Å²) in [5, 5.41) is 6.81. The number of rotatable bonds is 1. The van der Waals surface area contributed by atoms with Crippen LogP contribution in [0.2, 0.25) is 0 Å². The number of nitrogens with zero attached hydrogens (tertiary/aromatic N) is 2. The molecule has 0 amide bonds. The van der Waals surface area contributed by atoms with E-state index in [1.165, 1.54) is 0 Å². The minimum Gasteiger partial charge on any atom is -0.489 e. The second-order valence-corrected chi connectivity index (χ2v) is 4.42. The normalized spacial score (nSPS) is 14.5. The lowest BCUT2D eigenvalue weighted by Gasteiger charge is -2.05. The number of aromatic amines is 2. The molecule has 6 heteroatoms. The summed E-state index contributed by atoms with van der Waals surface area (Å²) in [4.78, 5) is 7.78. The van der Waals surface area contributed by atoms with Gasteiger partial charge in [-0.05, 0) is 6.07 Å². The molecular formula is C13H12N4O2. The molecule has 1 aliphatic heterocycles. The Kier molecular flexibility index (Phi) is 2.20. The number of H-pyrrole nitrogens is 2. The summed E-state index contributed by atoms with van der Waals surface area (Å²) in [6.45, 7) is 1.36. The van der Waals surface area contributed by atoms with E-state index >= 15 is 0 Å². The summed E-state index contributed by atoms with van der Waals surface area (Å²) in [5.74, 6) is 2.28. The fraction of sp³-hybridized carbons (Fsp3) is 0.231. The summed E-state index contributed by atoms with van der Waals surface area (Å²) in [6.07, 6.45) is 2.60. The predicted octanol–water partition coefficient (Wildman–Crippen LogP) is 2.11. The topological polar surface area (TPSA) is 75.8 Å². The maximum atomic E-state index is 5.66. The molecule has 4 rings (SSSR count). The van der Waals surface area contributed by atoms with Crippen molar-refractivity contribution in [3.8, 4) is 23.0 Å². The lowest BCUT2D eigenvalue weighted by Crippen LogP contribution is -1.97. The van der Waals surface area contributed by atoms with Crippen LogP contribution < -0.4 is 9.47 Å². The van der Waals surface area contributed by atoms with Gasteiger partial charge in [-0.3, -0.25) is 5.10 Å². The zero-order valence-corrected chi connectivity index (χ0v) is 10.1. The van der Waals surface area contributed by atoms with E-state index in [-0.39, 0.29) is 0 Å². The van der Waals surface area contributed by atoms with Crippen molar-refractivity contribution in [3.63, 3.8) is 0 Å². The Morgan fingerprint density at radius 3 is 2.74 bits per heavy atom. The molecule has 2 aromatic heterocycles. The molecule has 6 nitrogen and oxygen atoms in total. The van der Waals surface area contributed by atoms with E-state index in [0.717, 1.165) is 40.5 Å². The number of imidazole rings is 1. The van der Waals surface area contributed by atoms with Crippen LogP contribution in [0.4, 0.5) is 0 Å². The van der Waals surface area contributed by atoms with Crippen LogP contribution in [0.3, 0.4) is 0 Å². The average molecular weight is 256 g/mol. The molecule has 2 N–H and O–H groups in total. The number of hydrogen-bond acceptors (Lipinski definition) is 4. The van der Waals surface area contributed by atoms with E-state index in [1.807, 2.05) is 18.2 Å². The Bertz CT molecular complexity index is 675. The van der Waals surface area contributed by atoms with E-state index < -0.39 is 0 Å². The third kappa shape index (κ3) is 1.72. The number of aromatic nitrogens is 4. The highest BCUT2D eigenvalue weighted by Crippen LogP contribution is 2.34. The first kappa shape index (κ1) is 10.4. The predicted molar refractivity (Wildman–Crippen MR) is 69.3 cm³/mol. The van der Waals surface area contributed by atoms with E-state index in [4.69, 9.17) is 9.47 Å². The van der Waals surface area contributed by atoms with E-state index in [9.17, 15) is 0 Å². The van der Waals surface area contributed by atoms with Crippen molar-refractivity contribution < 1.29 is 9.47 Å². The fourth-order valence-corrected chi connectivity index (χ4v) is 2.18. The molecule has 0 atom stereocenters. The van der Waals surface area contributed by atoms with Gasteiger partial charge < -0.3 is 14.5 Å². The Balaban J connectivity index is 1.86. The number of hydrogen-bond donors (Lipinski definition) is 2. The van der Waals surface area contributed by atoms with Gasteiger partial charge in [0.25, 0.3) is 0 Å². The van der Waals surface area contributed by atoms with Crippen LogP contribution in [0.1, 0.15) is 6.42 Å². The largest absolute Gasteiger partial charge is 0.489 e. The Labute approximate surface area is 108 Å². The van der Waals surface area contributed by atoms with Crippen molar-refractivity contribution in [2.75, 3.05) is 13.2 Å². The van der Waals surface area contributed by atoms with Gasteiger partial charge in [0.2, 0.25) is 0 Å². The quantitative estimate of drug-likeness (QED) is 0.699. The molecule has 3 heterocycles. The van der Waals surface area contributed by atoms with E-state index in [2.05, 4.69) is 20.2 Å². The molecule has 1 aromatic carbocycles. The molecule has 19 heavy (non-hydrogen) atoms. The summed E-state index contributed by atoms with van der Waals surface area (Å²) >= 11 is 0. The second-order valence-electron chi connectivity index (χ2n) is 4.42. The van der Waals surface area contributed by atoms with Crippen LogP contribution in [0.15, 0.2) is 24.4 Å². The highest BCUT2D eigenvalue weighted by molar-refractivity contribution is 5.82. The van der Waals surface area contributed by atoms with Crippen LogP contribution in [0, 0.1) is 0 Å². The Morgan fingerprint density at radius 1 is 1.11 bits per heavy atom. The van der Waals surface area contributed by atoms with Gasteiger partial charge in [-0.1, -0.05) is 0 Å². The van der Waals surface area contributed by atoms with Crippen molar-refractivity contribution >= 4 is 11.0 Å². The highest BCUT2D eigenvalue weighted by atomic mass is 16.5. The first-order valence-corrected chi connectivity index (χ1v) is 6.19. The van der Waals surface area contributed by atoms with Crippen LogP contribution in [0.25, 0.3) is 22.6 Å². The Hall–Kier alpha value is -2.50. The maximum Gasteiger partial charge on any atom is 0.163 e. The molecule has 96 valence electrons. The lowest BCUT2D eigenvalue weighted by atomic mass is 10.3. The van der Waals surface area contributed by atoms with Gasteiger partial charge in [-0.25, -0.2) is 4.98 Å². The zero-order chi connectivity index (χ0) is 12.7. The maximum absolute atomic E-state index is 5.66. The molecule has 1 aliphatic rings. The minimum atomic E-state index is 0.677. The number of benzene rings is 1. The molecule has 3 aromatic rings. The third-order valence-corrected chi connectivity index (χ3v) is 3.11. The molecule has 0 bridgehead atoms. The molecule has 0 aliphatic carbocycles. The van der Waals surface area contributed by atoms with Crippen molar-refractivity contribution in [2.24, 2.45) is 0 Å². The molecule has 0 saturated heterocycles. The van der Waals surface area contributed by atoms with Gasteiger partial charge in [-0.2, -0.15) is 5.10 Å². The molecule has 0 fully saturated rings. The fourth-order valence-electron chi connectivity index (χ4n) is 2.18. The standard InChI is InChI=1S/C13H12N4O2/c1-4-18-11-6-9-10(7-12(11)19-5-1)16-13(15-9)8-2-3-14-17-8/h2-3,6-7H,1,4-5H2,(H,14,17)(H,15,16). The molecule has 0 radical (unpaired) electrons. The van der Waals surface area contributed by atoms with Crippen molar-refractivity contribution in [1.29, 1.82) is 0 Å². The second kappa shape index (κ2) is 4.01. The summed E-state index contributed by atoms with van der Waals surface area (Å²) in [6, 6.07) is 5.71. The Morgan fingerprint density at radius 2 is 1.95 bits per heavy atom. The first-order valence-electron chi connectivity index (χ1n) is 6.19. The van der Waals surface area contributed by atoms with Gasteiger partial charge in [0, 0.05) is 24.8 Å². The van der Waals surface area contributed by atoms with Crippen LogP contribution in [-0.4, -0.2) is 33.4 Å². The van der Waals surface area contributed by atoms with Crippen molar-refractivity contribution in [1.82, 2.24) is 20.2 Å². The van der Waals surface area contributed by atoms with Gasteiger partial charge in [-0.15, -0.1) is 0 Å². The SMILES string of the molecule is c1cc(-c2nc3cc4c(cc3[nH]2)OCCCO4)[nH]n1. The van der Waals surface area contributed by atoms with Gasteiger partial charge >= 0.3 is 0 Å². The smallest absolute Gasteiger partial charge is 0.163 e. The van der Waals surface area contributed by atoms with Crippen LogP contribution in [-0.2, 0) is 0 Å². The van der Waals surface area contributed by atoms with Gasteiger partial charge in [0.05, 0.1) is 24.2 Å². The third-order valence-electron chi connectivity index (χ3n) is 3.11. The highest BCUT2D eigenvalue weighted by Gasteiger charge is 2.14. The first-order chi connectivity index (χ1) is 9.40. The van der Waals surface area contributed by atoms with Crippen molar-refractivity contribution in [3.05, 3.63) is 24.4 Å². The van der Waals surface area contributed by atoms with Gasteiger partial charge in [0.15, 0.2) is 17.3 Å². The van der Waals surface area contributed by atoms with Crippen molar-refractivity contribution in [2.45, 2.75) is 6.42 Å². The molecule has 0 spiro atoms. The molecule has 0 saturated carbocycles. The lowest BCUT2D eigenvalue weighted by molar-refractivity contribution is 0.297. The van der Waals surface area contributed by atoms with Crippen LogP contribution >= 0.6 is 0 Å². The van der Waals surface area contributed by atoms with Crippen LogP contribution in [0.5, 0.6) is 11.5 Å². The molecule has 0 unspecified atom stereocenters. The molecular weight excluding hydrogens is 244 g/mol.